The summed E-state index contributed by atoms with van der Waals surface area (Å²) in [6, 6.07) is 4.89. The molecular weight excluding hydrogens is 396 g/mol. The highest BCUT2D eigenvalue weighted by atomic mass is 16.5. The Balaban J connectivity index is 1.76. The van der Waals surface area contributed by atoms with Crippen molar-refractivity contribution in [3.63, 3.8) is 0 Å². The summed E-state index contributed by atoms with van der Waals surface area (Å²) in [5.74, 6) is 3.08. The van der Waals surface area contributed by atoms with Crippen LogP contribution in [0.3, 0.4) is 0 Å². The topological polar surface area (TPSA) is 108 Å². The zero-order valence-electron chi connectivity index (χ0n) is 17.6. The van der Waals surface area contributed by atoms with Crippen molar-refractivity contribution in [3.8, 4) is 18.2 Å². The molecule has 1 aromatic rings. The molecule has 1 fully saturated rings. The SMILES string of the molecule is C#C[C@H]1CC[C@H](N/C=C2/C=C(NC(=O)c3cccc(OC)[n+]3O)C(OC)=CC2=N)CC1. The Hall–Kier alpha value is -3.73. The van der Waals surface area contributed by atoms with Crippen LogP contribution >= 0.6 is 0 Å². The number of allylic oxidation sites excluding steroid dienone is 3. The first-order chi connectivity index (χ1) is 15.0. The average Bonchev–Trinajstić information content (AvgIpc) is 2.79. The monoisotopic (exact) mass is 423 g/mol. The summed E-state index contributed by atoms with van der Waals surface area (Å²) in [6.07, 6.45) is 14.4. The molecule has 1 heterocycles. The van der Waals surface area contributed by atoms with Crippen LogP contribution in [0.15, 0.2) is 53.6 Å². The molecule has 0 aromatic carbocycles. The molecule has 2 aliphatic carbocycles. The van der Waals surface area contributed by atoms with E-state index in [1.54, 1.807) is 18.3 Å². The summed E-state index contributed by atoms with van der Waals surface area (Å²) in [4.78, 5) is 12.7. The first kappa shape index (κ1) is 22.0. The van der Waals surface area contributed by atoms with Gasteiger partial charge in [-0.1, -0.05) is 0 Å². The third-order valence-corrected chi connectivity index (χ3v) is 5.43. The Morgan fingerprint density at radius 3 is 2.65 bits per heavy atom. The molecule has 1 amide bonds. The Bertz CT molecular complexity index is 995. The first-order valence-electron chi connectivity index (χ1n) is 10.1. The van der Waals surface area contributed by atoms with E-state index in [9.17, 15) is 10.0 Å². The number of hydrogen-bond acceptors (Lipinski definition) is 6. The van der Waals surface area contributed by atoms with Gasteiger partial charge in [0.05, 0.1) is 36.4 Å². The number of pyridine rings is 1. The van der Waals surface area contributed by atoms with Crippen LogP contribution in [0.4, 0.5) is 0 Å². The number of nitrogens with zero attached hydrogens (tertiary/aromatic N) is 1. The predicted molar refractivity (Wildman–Crippen MR) is 115 cm³/mol. The van der Waals surface area contributed by atoms with Gasteiger partial charge in [0.25, 0.3) is 0 Å². The molecule has 1 saturated carbocycles. The molecule has 0 radical (unpaired) electrons. The second kappa shape index (κ2) is 9.85. The molecule has 0 saturated heterocycles. The standard InChI is InChI=1S/C23H26N4O4/c1-4-15-8-10-17(11-9-15)25-14-16-12-19(21(30-2)13-18(16)24)26-23(28)20-6-5-7-22(31-3)27(20)29/h1,5-7,12-15,17,24,28-29H,8-11H2,2-3H3/p+1/t15-,17-. The smallest absolute Gasteiger partial charge is 0.417 e. The fourth-order valence-electron chi connectivity index (χ4n) is 3.61. The summed E-state index contributed by atoms with van der Waals surface area (Å²) in [6.45, 7) is 0. The molecule has 162 valence electrons. The van der Waals surface area contributed by atoms with Crippen molar-refractivity contribution >= 4 is 11.6 Å². The normalized spacial score (nSPS) is 22.1. The van der Waals surface area contributed by atoms with Crippen molar-refractivity contribution in [1.82, 2.24) is 10.6 Å². The molecule has 1 aromatic heterocycles. The van der Waals surface area contributed by atoms with Gasteiger partial charge in [-0.2, -0.15) is 0 Å². The van der Waals surface area contributed by atoms with Crippen molar-refractivity contribution in [2.45, 2.75) is 31.7 Å². The molecular formula is C23H27N4O4+. The van der Waals surface area contributed by atoms with Crippen molar-refractivity contribution in [1.29, 1.82) is 5.41 Å². The molecule has 0 bridgehead atoms. The number of terminal acetylenes is 1. The maximum absolute atomic E-state index is 12.7. The predicted octanol–water partition coefficient (Wildman–Crippen LogP) is 2.06. The molecule has 0 spiro atoms. The number of carbonyl (C=O) groups is 1. The summed E-state index contributed by atoms with van der Waals surface area (Å²) in [5.41, 5.74) is 1.25. The lowest BCUT2D eigenvalue weighted by Crippen LogP contribution is -2.43. The van der Waals surface area contributed by atoms with E-state index in [4.69, 9.17) is 21.3 Å². The Morgan fingerprint density at radius 1 is 1.26 bits per heavy atom. The van der Waals surface area contributed by atoms with E-state index in [0.29, 0.717) is 33.7 Å². The van der Waals surface area contributed by atoms with Gasteiger partial charge in [0.2, 0.25) is 0 Å². The van der Waals surface area contributed by atoms with Crippen LogP contribution < -0.4 is 20.1 Å². The highest BCUT2D eigenvalue weighted by Crippen LogP contribution is 2.24. The van der Waals surface area contributed by atoms with Crippen LogP contribution in [0.5, 0.6) is 5.88 Å². The van der Waals surface area contributed by atoms with Gasteiger partial charge in [-0.05, 0) is 37.8 Å². The highest BCUT2D eigenvalue weighted by molar-refractivity contribution is 6.10. The summed E-state index contributed by atoms with van der Waals surface area (Å²) in [5, 5.41) is 24.5. The zero-order valence-corrected chi connectivity index (χ0v) is 17.6. The maximum Gasteiger partial charge on any atom is 0.417 e. The van der Waals surface area contributed by atoms with E-state index >= 15 is 0 Å². The number of aromatic nitrogens is 1. The lowest BCUT2D eigenvalue weighted by molar-refractivity contribution is -0.907. The number of nitrogens with one attached hydrogen (secondary N) is 3. The number of ether oxygens (including phenoxy) is 2. The van der Waals surface area contributed by atoms with Gasteiger partial charge in [-0.3, -0.25) is 10.0 Å². The number of methoxy groups -OCH3 is 2. The highest BCUT2D eigenvalue weighted by Gasteiger charge is 2.27. The van der Waals surface area contributed by atoms with Crippen LogP contribution in [-0.4, -0.2) is 37.1 Å². The molecule has 4 N–H and O–H groups in total. The lowest BCUT2D eigenvalue weighted by Gasteiger charge is -2.26. The number of rotatable bonds is 6. The van der Waals surface area contributed by atoms with Crippen molar-refractivity contribution in [3.05, 3.63) is 59.3 Å². The molecule has 0 unspecified atom stereocenters. The Labute approximate surface area is 181 Å². The van der Waals surface area contributed by atoms with Gasteiger partial charge < -0.3 is 25.5 Å². The van der Waals surface area contributed by atoms with E-state index in [0.717, 1.165) is 25.7 Å². The number of carbonyl (C=O) groups excluding carboxylic acids is 1. The molecule has 0 atom stereocenters. The van der Waals surface area contributed by atoms with Crippen molar-refractivity contribution in [2.75, 3.05) is 14.2 Å². The van der Waals surface area contributed by atoms with Gasteiger partial charge in [0, 0.05) is 35.9 Å². The fraction of sp³-hybridized carbons (Fsp3) is 0.348. The van der Waals surface area contributed by atoms with E-state index in [-0.39, 0.29) is 17.3 Å². The Morgan fingerprint density at radius 2 is 2.00 bits per heavy atom. The second-order valence-corrected chi connectivity index (χ2v) is 7.39. The number of amides is 1. The molecule has 8 nitrogen and oxygen atoms in total. The van der Waals surface area contributed by atoms with Gasteiger partial charge in [-0.15, -0.1) is 12.3 Å². The molecule has 3 rings (SSSR count). The average molecular weight is 423 g/mol. The van der Waals surface area contributed by atoms with Crippen molar-refractivity contribution < 1.29 is 24.2 Å². The first-order valence-corrected chi connectivity index (χ1v) is 10.1. The van der Waals surface area contributed by atoms with Crippen LogP contribution in [0.1, 0.15) is 36.2 Å². The maximum atomic E-state index is 12.7. The van der Waals surface area contributed by atoms with Crippen LogP contribution in [0, 0.1) is 23.7 Å². The third-order valence-electron chi connectivity index (χ3n) is 5.43. The Kier molecular flexibility index (Phi) is 6.98. The third kappa shape index (κ3) is 5.07. The quantitative estimate of drug-likeness (QED) is 0.318. The molecule has 31 heavy (non-hydrogen) atoms. The molecule has 2 aliphatic rings. The summed E-state index contributed by atoms with van der Waals surface area (Å²) >= 11 is 0. The molecule has 8 heteroatoms. The van der Waals surface area contributed by atoms with Crippen LogP contribution in [0.2, 0.25) is 0 Å². The minimum absolute atomic E-state index is 0.00900. The van der Waals surface area contributed by atoms with Gasteiger partial charge in [-0.25, -0.2) is 0 Å². The van der Waals surface area contributed by atoms with E-state index < -0.39 is 5.91 Å². The van der Waals surface area contributed by atoms with Gasteiger partial charge in [0.1, 0.15) is 5.76 Å². The van der Waals surface area contributed by atoms with E-state index in [2.05, 4.69) is 16.6 Å². The van der Waals surface area contributed by atoms with Crippen LogP contribution in [0.25, 0.3) is 0 Å². The van der Waals surface area contributed by atoms with E-state index in [1.165, 1.54) is 32.4 Å². The van der Waals surface area contributed by atoms with Gasteiger partial charge >= 0.3 is 17.5 Å². The minimum Gasteiger partial charge on any atom is -0.494 e. The number of hydrogen-bond donors (Lipinski definition) is 4. The van der Waals surface area contributed by atoms with Crippen molar-refractivity contribution in [2.24, 2.45) is 5.92 Å². The second-order valence-electron chi connectivity index (χ2n) is 7.39. The minimum atomic E-state index is -0.552. The lowest BCUT2D eigenvalue weighted by atomic mass is 9.86. The zero-order chi connectivity index (χ0) is 22.4. The summed E-state index contributed by atoms with van der Waals surface area (Å²) < 4.78 is 11.0. The molecule has 0 aliphatic heterocycles. The fourth-order valence-corrected chi connectivity index (χ4v) is 3.61. The largest absolute Gasteiger partial charge is 0.494 e. The van der Waals surface area contributed by atoms with E-state index in [1.807, 2.05) is 0 Å². The summed E-state index contributed by atoms with van der Waals surface area (Å²) in [7, 11) is 2.86. The van der Waals surface area contributed by atoms with Gasteiger partial charge in [0.15, 0.2) is 0 Å². The van der Waals surface area contributed by atoms with Crippen LogP contribution in [-0.2, 0) is 4.74 Å².